The van der Waals surface area contributed by atoms with Gasteiger partial charge in [-0.05, 0) is 12.3 Å². The minimum Gasteiger partial charge on any atom is -0.327 e. The lowest BCUT2D eigenvalue weighted by Gasteiger charge is -2.37. The quantitative estimate of drug-likeness (QED) is 0.549. The molecule has 0 aliphatic carbocycles. The maximum Gasteiger partial charge on any atom is 0.244 e. The Morgan fingerprint density at radius 2 is 2.20 bits per heavy atom. The zero-order valence-corrected chi connectivity index (χ0v) is 8.90. The second kappa shape index (κ2) is 3.90. The number of carbonyl (C=O) groups is 2. The first-order valence-electron chi connectivity index (χ1n) is 5.41. The molecule has 0 aromatic heterocycles. The van der Waals surface area contributed by atoms with Gasteiger partial charge in [0.05, 0.1) is 12.5 Å². The van der Waals surface area contributed by atoms with Gasteiger partial charge in [-0.3, -0.25) is 19.8 Å². The highest BCUT2D eigenvalue weighted by Gasteiger charge is 2.37. The number of nitrogens with one attached hydrogen (secondary N) is 1. The van der Waals surface area contributed by atoms with Crippen molar-refractivity contribution in [3.05, 3.63) is 0 Å². The van der Waals surface area contributed by atoms with Gasteiger partial charge < -0.3 is 5.73 Å². The van der Waals surface area contributed by atoms with Crippen LogP contribution in [0, 0.1) is 5.92 Å². The fraction of sp³-hybridized carbons (Fsp3) is 0.800. The molecule has 3 unspecified atom stereocenters. The van der Waals surface area contributed by atoms with E-state index in [1.54, 1.807) is 0 Å². The van der Waals surface area contributed by atoms with Gasteiger partial charge in [0.1, 0.15) is 0 Å². The third-order valence-corrected chi connectivity index (χ3v) is 3.39. The summed E-state index contributed by atoms with van der Waals surface area (Å²) < 4.78 is 0. The molecule has 2 saturated heterocycles. The number of piperidine rings is 1. The summed E-state index contributed by atoms with van der Waals surface area (Å²) in [4.78, 5) is 24.6. The molecule has 2 amide bonds. The van der Waals surface area contributed by atoms with E-state index in [0.29, 0.717) is 12.3 Å². The highest BCUT2D eigenvalue weighted by Crippen LogP contribution is 2.20. The Morgan fingerprint density at radius 1 is 1.47 bits per heavy atom. The summed E-state index contributed by atoms with van der Waals surface area (Å²) >= 11 is 0. The van der Waals surface area contributed by atoms with Crippen LogP contribution in [-0.2, 0) is 9.59 Å². The van der Waals surface area contributed by atoms with Crippen LogP contribution < -0.4 is 11.1 Å². The molecule has 2 heterocycles. The van der Waals surface area contributed by atoms with Crippen molar-refractivity contribution in [3.8, 4) is 0 Å². The fourth-order valence-corrected chi connectivity index (χ4v) is 2.31. The van der Waals surface area contributed by atoms with Crippen LogP contribution in [-0.4, -0.2) is 41.9 Å². The monoisotopic (exact) mass is 211 g/mol. The Bertz CT molecular complexity index is 292. The number of hydrogen-bond donors (Lipinski definition) is 2. The van der Waals surface area contributed by atoms with Gasteiger partial charge in [-0.15, -0.1) is 0 Å². The standard InChI is InChI=1S/C10H17N3O2/c1-6-5-13(3-2-7(6)11)8-4-9(14)12-10(8)15/h6-8H,2-5,11H2,1H3,(H,12,14,15). The Hall–Kier alpha value is -0.940. The lowest BCUT2D eigenvalue weighted by Crippen LogP contribution is -2.51. The first-order chi connectivity index (χ1) is 7.08. The van der Waals surface area contributed by atoms with Crippen LogP contribution in [0.15, 0.2) is 0 Å². The van der Waals surface area contributed by atoms with Crippen molar-refractivity contribution in [2.45, 2.75) is 31.8 Å². The molecule has 3 N–H and O–H groups in total. The predicted octanol–water partition coefficient (Wildman–Crippen LogP) is -0.929. The number of hydrogen-bond acceptors (Lipinski definition) is 4. The largest absolute Gasteiger partial charge is 0.327 e. The number of rotatable bonds is 1. The van der Waals surface area contributed by atoms with E-state index in [2.05, 4.69) is 17.1 Å². The maximum atomic E-state index is 11.5. The molecule has 5 nitrogen and oxygen atoms in total. The van der Waals surface area contributed by atoms with Gasteiger partial charge in [0.15, 0.2) is 0 Å². The van der Waals surface area contributed by atoms with Crippen molar-refractivity contribution in [3.63, 3.8) is 0 Å². The van der Waals surface area contributed by atoms with Gasteiger partial charge in [-0.1, -0.05) is 6.92 Å². The SMILES string of the molecule is CC1CN(C2CC(=O)NC2=O)CCC1N. The molecule has 0 spiro atoms. The molecule has 15 heavy (non-hydrogen) atoms. The van der Waals surface area contributed by atoms with Crippen molar-refractivity contribution in [2.24, 2.45) is 11.7 Å². The molecule has 84 valence electrons. The smallest absolute Gasteiger partial charge is 0.244 e. The summed E-state index contributed by atoms with van der Waals surface area (Å²) in [5.41, 5.74) is 5.91. The molecule has 0 aromatic rings. The molecule has 0 aromatic carbocycles. The van der Waals surface area contributed by atoms with Gasteiger partial charge in [0, 0.05) is 19.1 Å². The zero-order chi connectivity index (χ0) is 11.0. The van der Waals surface area contributed by atoms with Gasteiger partial charge in [0.2, 0.25) is 11.8 Å². The van der Waals surface area contributed by atoms with Crippen LogP contribution in [0.2, 0.25) is 0 Å². The second-order valence-corrected chi connectivity index (χ2v) is 4.56. The summed E-state index contributed by atoms with van der Waals surface area (Å²) in [6.45, 7) is 3.72. The number of nitrogens with zero attached hydrogens (tertiary/aromatic N) is 1. The maximum absolute atomic E-state index is 11.5. The van der Waals surface area contributed by atoms with E-state index in [1.165, 1.54) is 0 Å². The number of amides is 2. The van der Waals surface area contributed by atoms with E-state index in [-0.39, 0.29) is 23.9 Å². The molecule has 0 radical (unpaired) electrons. The Labute approximate surface area is 89.0 Å². The number of carbonyl (C=O) groups excluding carboxylic acids is 2. The van der Waals surface area contributed by atoms with Crippen LogP contribution in [0.1, 0.15) is 19.8 Å². The van der Waals surface area contributed by atoms with Gasteiger partial charge in [0.25, 0.3) is 0 Å². The molecule has 5 heteroatoms. The van der Waals surface area contributed by atoms with Crippen molar-refractivity contribution in [1.82, 2.24) is 10.2 Å². The topological polar surface area (TPSA) is 75.4 Å². The molecule has 2 aliphatic heterocycles. The highest BCUT2D eigenvalue weighted by molar-refractivity contribution is 6.05. The number of imide groups is 1. The van der Waals surface area contributed by atoms with Crippen LogP contribution in [0.25, 0.3) is 0 Å². The van der Waals surface area contributed by atoms with Crippen LogP contribution >= 0.6 is 0 Å². The number of nitrogens with two attached hydrogens (primary N) is 1. The summed E-state index contributed by atoms with van der Waals surface area (Å²) in [6.07, 6.45) is 1.21. The van der Waals surface area contributed by atoms with Crippen molar-refractivity contribution < 1.29 is 9.59 Å². The first kappa shape index (κ1) is 10.6. The van der Waals surface area contributed by atoms with E-state index < -0.39 is 0 Å². The summed E-state index contributed by atoms with van der Waals surface area (Å²) in [5.74, 6) is 0.0810. The molecular weight excluding hydrogens is 194 g/mol. The molecule has 0 bridgehead atoms. The van der Waals surface area contributed by atoms with Crippen LogP contribution in [0.3, 0.4) is 0 Å². The zero-order valence-electron chi connectivity index (χ0n) is 8.90. The second-order valence-electron chi connectivity index (χ2n) is 4.56. The molecule has 3 atom stereocenters. The summed E-state index contributed by atoms with van der Waals surface area (Å²) in [7, 11) is 0. The Balaban J connectivity index is 2.00. The van der Waals surface area contributed by atoms with Crippen LogP contribution in [0.5, 0.6) is 0 Å². The molecular formula is C10H17N3O2. The lowest BCUT2D eigenvalue weighted by molar-refractivity contribution is -0.126. The minimum atomic E-state index is -0.257. The fourth-order valence-electron chi connectivity index (χ4n) is 2.31. The average Bonchev–Trinajstić information content (AvgIpc) is 2.50. The van der Waals surface area contributed by atoms with Crippen molar-refractivity contribution in [1.29, 1.82) is 0 Å². The van der Waals surface area contributed by atoms with E-state index in [1.807, 2.05) is 0 Å². The Morgan fingerprint density at radius 3 is 2.73 bits per heavy atom. The lowest BCUT2D eigenvalue weighted by atomic mass is 9.93. The normalized spacial score (nSPS) is 38.1. The third-order valence-electron chi connectivity index (χ3n) is 3.39. The van der Waals surface area contributed by atoms with Crippen molar-refractivity contribution in [2.75, 3.05) is 13.1 Å². The molecule has 0 saturated carbocycles. The minimum absolute atomic E-state index is 0.150. The van der Waals surface area contributed by atoms with Crippen LogP contribution in [0.4, 0.5) is 0 Å². The average molecular weight is 211 g/mol. The first-order valence-corrected chi connectivity index (χ1v) is 5.41. The van der Waals surface area contributed by atoms with Crippen molar-refractivity contribution >= 4 is 11.8 Å². The van der Waals surface area contributed by atoms with E-state index in [4.69, 9.17) is 5.73 Å². The highest BCUT2D eigenvalue weighted by atomic mass is 16.2. The molecule has 2 rings (SSSR count). The van der Waals surface area contributed by atoms with E-state index in [9.17, 15) is 9.59 Å². The Kier molecular flexibility index (Phi) is 2.75. The van der Waals surface area contributed by atoms with Gasteiger partial charge in [-0.2, -0.15) is 0 Å². The van der Waals surface area contributed by atoms with Gasteiger partial charge >= 0.3 is 0 Å². The molecule has 2 fully saturated rings. The predicted molar refractivity (Wildman–Crippen MR) is 54.9 cm³/mol. The summed E-state index contributed by atoms with van der Waals surface area (Å²) in [6, 6.07) is -0.0335. The molecule has 2 aliphatic rings. The van der Waals surface area contributed by atoms with E-state index in [0.717, 1.165) is 19.5 Å². The number of likely N-dealkylation sites (tertiary alicyclic amines) is 1. The van der Waals surface area contributed by atoms with Gasteiger partial charge in [-0.25, -0.2) is 0 Å². The van der Waals surface area contributed by atoms with E-state index >= 15 is 0 Å². The summed E-state index contributed by atoms with van der Waals surface area (Å²) in [5, 5.41) is 2.34. The third kappa shape index (κ3) is 2.03.